The van der Waals surface area contributed by atoms with Crippen LogP contribution >= 0.6 is 11.6 Å². The molecule has 104 valence electrons. The third-order valence-electron chi connectivity index (χ3n) is 3.92. The fourth-order valence-corrected chi connectivity index (χ4v) is 2.83. The van der Waals surface area contributed by atoms with Gasteiger partial charge in [-0.25, -0.2) is 0 Å². The maximum absolute atomic E-state index is 12.6. The van der Waals surface area contributed by atoms with E-state index in [0.29, 0.717) is 11.6 Å². The lowest BCUT2D eigenvalue weighted by atomic mass is 10.0. The molecule has 3 heteroatoms. The lowest BCUT2D eigenvalue weighted by molar-refractivity contribution is 0.709. The SMILES string of the molecule is Cc1ccc(C)c(-c2ccc(CCl)c(=O)n2C2CC2)c1. The first-order valence-electron chi connectivity index (χ1n) is 7.00. The molecule has 3 rings (SSSR count). The molecule has 0 spiro atoms. The second kappa shape index (κ2) is 5.10. The van der Waals surface area contributed by atoms with Crippen molar-refractivity contribution in [1.82, 2.24) is 4.57 Å². The third-order valence-corrected chi connectivity index (χ3v) is 4.21. The smallest absolute Gasteiger partial charge is 0.255 e. The number of hydrogen-bond acceptors (Lipinski definition) is 1. The molecular formula is C17H18ClNO. The van der Waals surface area contributed by atoms with Crippen LogP contribution in [0.5, 0.6) is 0 Å². The Morgan fingerprint density at radius 3 is 2.60 bits per heavy atom. The van der Waals surface area contributed by atoms with Crippen molar-refractivity contribution in [2.45, 2.75) is 38.6 Å². The maximum atomic E-state index is 12.6. The first kappa shape index (κ1) is 13.4. The van der Waals surface area contributed by atoms with Crippen molar-refractivity contribution in [3.8, 4) is 11.3 Å². The molecule has 0 atom stereocenters. The summed E-state index contributed by atoms with van der Waals surface area (Å²) in [6.07, 6.45) is 2.17. The van der Waals surface area contributed by atoms with Gasteiger partial charge >= 0.3 is 0 Å². The van der Waals surface area contributed by atoms with Gasteiger partial charge < -0.3 is 4.57 Å². The van der Waals surface area contributed by atoms with Gasteiger partial charge in [0, 0.05) is 17.2 Å². The van der Waals surface area contributed by atoms with Crippen molar-refractivity contribution in [2.75, 3.05) is 0 Å². The molecule has 2 nitrogen and oxygen atoms in total. The van der Waals surface area contributed by atoms with Gasteiger partial charge in [0.1, 0.15) is 0 Å². The monoisotopic (exact) mass is 287 g/mol. The normalized spacial score (nSPS) is 14.6. The molecule has 0 unspecified atom stereocenters. The minimum absolute atomic E-state index is 0.0703. The van der Waals surface area contributed by atoms with Crippen molar-refractivity contribution in [2.24, 2.45) is 0 Å². The zero-order chi connectivity index (χ0) is 14.3. The lowest BCUT2D eigenvalue weighted by Gasteiger charge is -2.16. The minimum atomic E-state index is 0.0703. The van der Waals surface area contributed by atoms with Crippen molar-refractivity contribution < 1.29 is 0 Å². The Morgan fingerprint density at radius 2 is 1.95 bits per heavy atom. The molecule has 1 fully saturated rings. The molecule has 0 aliphatic heterocycles. The van der Waals surface area contributed by atoms with Crippen molar-refractivity contribution >= 4 is 11.6 Å². The fraction of sp³-hybridized carbons (Fsp3) is 0.353. The Kier molecular flexibility index (Phi) is 3.43. The average Bonchev–Trinajstić information content (AvgIpc) is 3.25. The molecule has 0 N–H and O–H groups in total. The maximum Gasteiger partial charge on any atom is 0.255 e. The summed E-state index contributed by atoms with van der Waals surface area (Å²) >= 11 is 5.87. The van der Waals surface area contributed by atoms with Gasteiger partial charge in [-0.15, -0.1) is 11.6 Å². The van der Waals surface area contributed by atoms with Crippen LogP contribution in [0.1, 0.15) is 35.6 Å². The molecule has 0 amide bonds. The zero-order valence-electron chi connectivity index (χ0n) is 11.8. The van der Waals surface area contributed by atoms with Crippen LogP contribution in [-0.2, 0) is 5.88 Å². The van der Waals surface area contributed by atoms with Crippen molar-refractivity contribution in [3.05, 3.63) is 57.4 Å². The van der Waals surface area contributed by atoms with Gasteiger partial charge in [-0.2, -0.15) is 0 Å². The van der Waals surface area contributed by atoms with E-state index in [1.54, 1.807) is 0 Å². The van der Waals surface area contributed by atoms with E-state index in [1.807, 2.05) is 16.7 Å². The Labute approximate surface area is 124 Å². The number of alkyl halides is 1. The highest BCUT2D eigenvalue weighted by atomic mass is 35.5. The number of pyridine rings is 1. The summed E-state index contributed by atoms with van der Waals surface area (Å²) in [4.78, 5) is 12.6. The number of nitrogens with zero attached hydrogens (tertiary/aromatic N) is 1. The zero-order valence-corrected chi connectivity index (χ0v) is 12.6. The van der Waals surface area contributed by atoms with Crippen molar-refractivity contribution in [3.63, 3.8) is 0 Å². The van der Waals surface area contributed by atoms with Crippen LogP contribution < -0.4 is 5.56 Å². The highest BCUT2D eigenvalue weighted by Crippen LogP contribution is 2.38. The predicted octanol–water partition coefficient (Wildman–Crippen LogP) is 4.21. The van der Waals surface area contributed by atoms with E-state index in [-0.39, 0.29) is 11.4 Å². The highest BCUT2D eigenvalue weighted by molar-refractivity contribution is 6.17. The van der Waals surface area contributed by atoms with Gasteiger partial charge in [0.15, 0.2) is 0 Å². The summed E-state index contributed by atoms with van der Waals surface area (Å²) in [6, 6.07) is 10.6. The summed E-state index contributed by atoms with van der Waals surface area (Å²) in [5, 5.41) is 0. The van der Waals surface area contributed by atoms with Crippen LogP contribution in [0.4, 0.5) is 0 Å². The first-order chi connectivity index (χ1) is 9.61. The van der Waals surface area contributed by atoms with E-state index in [9.17, 15) is 4.79 Å². The number of halogens is 1. The largest absolute Gasteiger partial charge is 0.305 e. The van der Waals surface area contributed by atoms with E-state index < -0.39 is 0 Å². The molecule has 1 aliphatic carbocycles. The van der Waals surface area contributed by atoms with Gasteiger partial charge in [0.05, 0.1) is 11.6 Å². The van der Waals surface area contributed by atoms with E-state index >= 15 is 0 Å². The molecule has 0 radical (unpaired) electrons. The summed E-state index contributed by atoms with van der Waals surface area (Å²) < 4.78 is 1.94. The molecule has 1 heterocycles. The lowest BCUT2D eigenvalue weighted by Crippen LogP contribution is -2.23. The van der Waals surface area contributed by atoms with Crippen LogP contribution in [0.15, 0.2) is 35.1 Å². The van der Waals surface area contributed by atoms with E-state index in [1.165, 1.54) is 11.1 Å². The van der Waals surface area contributed by atoms with Gasteiger partial charge in [-0.1, -0.05) is 23.8 Å². The molecule has 20 heavy (non-hydrogen) atoms. The first-order valence-corrected chi connectivity index (χ1v) is 7.53. The number of hydrogen-bond donors (Lipinski definition) is 0. The molecule has 1 aromatic heterocycles. The second-order valence-electron chi connectivity index (χ2n) is 5.60. The highest BCUT2D eigenvalue weighted by Gasteiger charge is 2.28. The van der Waals surface area contributed by atoms with Crippen LogP contribution in [-0.4, -0.2) is 4.57 Å². The predicted molar refractivity (Wildman–Crippen MR) is 83.4 cm³/mol. The Hall–Kier alpha value is -1.54. The van der Waals surface area contributed by atoms with Crippen LogP contribution in [0.2, 0.25) is 0 Å². The van der Waals surface area contributed by atoms with Gasteiger partial charge in [-0.05, 0) is 44.4 Å². The van der Waals surface area contributed by atoms with Gasteiger partial charge in [-0.3, -0.25) is 4.79 Å². The number of rotatable bonds is 3. The summed E-state index contributed by atoms with van der Waals surface area (Å²) in [6.45, 7) is 4.17. The third kappa shape index (κ3) is 2.29. The quantitative estimate of drug-likeness (QED) is 0.775. The van der Waals surface area contributed by atoms with Crippen LogP contribution in [0.3, 0.4) is 0 Å². The van der Waals surface area contributed by atoms with Gasteiger partial charge in [0.25, 0.3) is 5.56 Å². The number of benzene rings is 1. The fourth-order valence-electron chi connectivity index (χ4n) is 2.62. The van der Waals surface area contributed by atoms with Crippen LogP contribution in [0, 0.1) is 13.8 Å². The standard InChI is InChI=1S/C17H18ClNO/c1-11-3-4-12(2)15(9-11)16-8-5-13(10-18)17(20)19(16)14-6-7-14/h3-5,8-9,14H,6-7,10H2,1-2H3. The van der Waals surface area contributed by atoms with E-state index in [4.69, 9.17) is 11.6 Å². The minimum Gasteiger partial charge on any atom is -0.305 e. The van der Waals surface area contributed by atoms with Gasteiger partial charge in [0.2, 0.25) is 0 Å². The van der Waals surface area contributed by atoms with E-state index in [0.717, 1.165) is 24.1 Å². The Bertz CT molecular complexity index is 713. The summed E-state index contributed by atoms with van der Waals surface area (Å²) in [5.41, 5.74) is 5.33. The Morgan fingerprint density at radius 1 is 1.20 bits per heavy atom. The molecular weight excluding hydrogens is 270 g/mol. The Balaban J connectivity index is 2.26. The van der Waals surface area contributed by atoms with Crippen molar-refractivity contribution in [1.29, 1.82) is 0 Å². The molecule has 0 bridgehead atoms. The summed E-state index contributed by atoms with van der Waals surface area (Å²) in [5.74, 6) is 0.276. The topological polar surface area (TPSA) is 22.0 Å². The number of aryl methyl sites for hydroxylation is 2. The molecule has 1 aromatic carbocycles. The second-order valence-corrected chi connectivity index (χ2v) is 5.87. The molecule has 1 saturated carbocycles. The molecule has 2 aromatic rings. The summed E-state index contributed by atoms with van der Waals surface area (Å²) in [7, 11) is 0. The molecule has 1 aliphatic rings. The van der Waals surface area contributed by atoms with E-state index in [2.05, 4.69) is 32.0 Å². The van der Waals surface area contributed by atoms with Crippen LogP contribution in [0.25, 0.3) is 11.3 Å². The average molecular weight is 288 g/mol. The molecule has 0 saturated heterocycles. The number of aromatic nitrogens is 1.